The van der Waals surface area contributed by atoms with E-state index in [0.29, 0.717) is 12.5 Å². The zero-order valence-electron chi connectivity index (χ0n) is 12.6. The predicted octanol–water partition coefficient (Wildman–Crippen LogP) is 3.69. The van der Waals surface area contributed by atoms with Gasteiger partial charge in [-0.05, 0) is 17.5 Å². The van der Waals surface area contributed by atoms with E-state index in [4.69, 9.17) is 0 Å². The number of benzene rings is 1. The van der Waals surface area contributed by atoms with Crippen molar-refractivity contribution in [2.75, 3.05) is 0 Å². The Morgan fingerprint density at radius 3 is 2.50 bits per heavy atom. The summed E-state index contributed by atoms with van der Waals surface area (Å²) in [7, 11) is 0. The van der Waals surface area contributed by atoms with E-state index in [2.05, 4.69) is 37.9 Å². The molecule has 0 bridgehead atoms. The molecule has 1 N–H and O–H groups in total. The van der Waals surface area contributed by atoms with E-state index < -0.39 is 6.10 Å². The highest BCUT2D eigenvalue weighted by molar-refractivity contribution is 5.24. The molecule has 0 amide bonds. The molecule has 0 aliphatic carbocycles. The Morgan fingerprint density at radius 1 is 1.20 bits per heavy atom. The van der Waals surface area contributed by atoms with Crippen LogP contribution in [0.4, 0.5) is 0 Å². The molecule has 1 aromatic heterocycles. The van der Waals surface area contributed by atoms with Gasteiger partial charge < -0.3 is 9.67 Å². The maximum atomic E-state index is 10.4. The first-order valence-corrected chi connectivity index (χ1v) is 7.39. The number of rotatable bonds is 6. The van der Waals surface area contributed by atoms with Crippen molar-refractivity contribution < 1.29 is 5.11 Å². The molecule has 0 aliphatic rings. The van der Waals surface area contributed by atoms with E-state index in [-0.39, 0.29) is 0 Å². The highest BCUT2D eigenvalue weighted by atomic mass is 16.3. The van der Waals surface area contributed by atoms with E-state index >= 15 is 0 Å². The SMILES string of the molecule is CCCc1ccc(C(O)Cn2ccnc2C(C)C)cc1. The molecule has 2 aromatic rings. The molecule has 3 nitrogen and oxygen atoms in total. The molecule has 0 saturated heterocycles. The third-order valence-corrected chi connectivity index (χ3v) is 3.54. The van der Waals surface area contributed by atoms with Crippen molar-refractivity contribution in [1.82, 2.24) is 9.55 Å². The van der Waals surface area contributed by atoms with E-state index in [1.165, 1.54) is 5.56 Å². The molecular formula is C17H24N2O. The van der Waals surface area contributed by atoms with Crippen molar-refractivity contribution in [2.45, 2.75) is 52.2 Å². The number of aromatic nitrogens is 2. The lowest BCUT2D eigenvalue weighted by Crippen LogP contribution is -2.12. The molecule has 1 atom stereocenters. The number of nitrogens with zero attached hydrogens (tertiary/aromatic N) is 2. The molecule has 0 aliphatic heterocycles. The Morgan fingerprint density at radius 2 is 1.90 bits per heavy atom. The summed E-state index contributed by atoms with van der Waals surface area (Å²) in [6.45, 7) is 6.96. The summed E-state index contributed by atoms with van der Waals surface area (Å²) in [5.74, 6) is 1.38. The van der Waals surface area contributed by atoms with E-state index in [0.717, 1.165) is 24.2 Å². The van der Waals surface area contributed by atoms with Gasteiger partial charge in [-0.25, -0.2) is 4.98 Å². The van der Waals surface area contributed by atoms with Gasteiger partial charge in [-0.2, -0.15) is 0 Å². The summed E-state index contributed by atoms with van der Waals surface area (Å²) in [6.07, 6.45) is 5.48. The third kappa shape index (κ3) is 3.48. The van der Waals surface area contributed by atoms with Crippen LogP contribution in [0.25, 0.3) is 0 Å². The van der Waals surface area contributed by atoms with Crippen LogP contribution in [0.1, 0.15) is 56.2 Å². The van der Waals surface area contributed by atoms with Gasteiger partial charge in [0, 0.05) is 18.3 Å². The van der Waals surface area contributed by atoms with Crippen LogP contribution in [0.2, 0.25) is 0 Å². The number of aliphatic hydroxyl groups excluding tert-OH is 1. The standard InChI is InChI=1S/C17H24N2O/c1-4-5-14-6-8-15(9-7-14)16(20)12-19-11-10-18-17(19)13(2)3/h6-11,13,16,20H,4-5,12H2,1-3H3. The topological polar surface area (TPSA) is 38.0 Å². The molecule has 1 heterocycles. The molecular weight excluding hydrogens is 248 g/mol. The zero-order chi connectivity index (χ0) is 14.5. The lowest BCUT2D eigenvalue weighted by Gasteiger charge is -2.16. The molecule has 108 valence electrons. The summed E-state index contributed by atoms with van der Waals surface area (Å²) in [6, 6.07) is 8.28. The largest absolute Gasteiger partial charge is 0.387 e. The molecule has 0 saturated carbocycles. The summed E-state index contributed by atoms with van der Waals surface area (Å²) in [5, 5.41) is 10.4. The average Bonchev–Trinajstić information content (AvgIpc) is 2.88. The quantitative estimate of drug-likeness (QED) is 0.871. The van der Waals surface area contributed by atoms with Crippen LogP contribution < -0.4 is 0 Å². The van der Waals surface area contributed by atoms with Crippen molar-refractivity contribution in [3.8, 4) is 0 Å². The number of hydrogen-bond acceptors (Lipinski definition) is 2. The zero-order valence-corrected chi connectivity index (χ0v) is 12.6. The van der Waals surface area contributed by atoms with Crippen molar-refractivity contribution in [2.24, 2.45) is 0 Å². The van der Waals surface area contributed by atoms with Crippen LogP contribution in [0.5, 0.6) is 0 Å². The fourth-order valence-corrected chi connectivity index (χ4v) is 2.46. The third-order valence-electron chi connectivity index (χ3n) is 3.54. The van der Waals surface area contributed by atoms with Gasteiger partial charge >= 0.3 is 0 Å². The van der Waals surface area contributed by atoms with Gasteiger partial charge in [-0.15, -0.1) is 0 Å². The van der Waals surface area contributed by atoms with Crippen LogP contribution in [0, 0.1) is 0 Å². The second-order valence-corrected chi connectivity index (χ2v) is 5.60. The highest BCUT2D eigenvalue weighted by Crippen LogP contribution is 2.19. The van der Waals surface area contributed by atoms with E-state index in [9.17, 15) is 5.11 Å². The summed E-state index contributed by atoms with van der Waals surface area (Å²) < 4.78 is 2.04. The maximum Gasteiger partial charge on any atom is 0.111 e. The molecule has 0 spiro atoms. The first kappa shape index (κ1) is 14.8. The molecule has 0 fully saturated rings. The van der Waals surface area contributed by atoms with Crippen molar-refractivity contribution in [1.29, 1.82) is 0 Å². The Kier molecular flexibility index (Phi) is 4.96. The molecule has 1 unspecified atom stereocenters. The molecule has 20 heavy (non-hydrogen) atoms. The second-order valence-electron chi connectivity index (χ2n) is 5.60. The summed E-state index contributed by atoms with van der Waals surface area (Å²) in [4.78, 5) is 4.35. The number of imidazole rings is 1. The smallest absolute Gasteiger partial charge is 0.111 e. The predicted molar refractivity (Wildman–Crippen MR) is 81.7 cm³/mol. The minimum atomic E-state index is -0.489. The maximum absolute atomic E-state index is 10.4. The van der Waals surface area contributed by atoms with Gasteiger partial charge in [0.05, 0.1) is 12.6 Å². The Hall–Kier alpha value is -1.61. The summed E-state index contributed by atoms with van der Waals surface area (Å²) >= 11 is 0. The second kappa shape index (κ2) is 6.71. The van der Waals surface area contributed by atoms with Crippen LogP contribution in [-0.4, -0.2) is 14.7 Å². The fourth-order valence-electron chi connectivity index (χ4n) is 2.46. The average molecular weight is 272 g/mol. The van der Waals surface area contributed by atoms with Gasteiger partial charge in [0.25, 0.3) is 0 Å². The first-order chi connectivity index (χ1) is 9.61. The highest BCUT2D eigenvalue weighted by Gasteiger charge is 2.12. The van der Waals surface area contributed by atoms with Crippen LogP contribution in [0.15, 0.2) is 36.7 Å². The molecule has 2 rings (SSSR count). The molecule has 0 radical (unpaired) electrons. The number of hydrogen-bond donors (Lipinski definition) is 1. The monoisotopic (exact) mass is 272 g/mol. The minimum Gasteiger partial charge on any atom is -0.387 e. The van der Waals surface area contributed by atoms with Crippen molar-refractivity contribution in [3.63, 3.8) is 0 Å². The normalized spacial score (nSPS) is 12.8. The van der Waals surface area contributed by atoms with Crippen LogP contribution in [0.3, 0.4) is 0 Å². The van der Waals surface area contributed by atoms with Crippen molar-refractivity contribution >= 4 is 0 Å². The van der Waals surface area contributed by atoms with Gasteiger partial charge in [-0.1, -0.05) is 51.5 Å². The Bertz CT molecular complexity index is 528. The van der Waals surface area contributed by atoms with Gasteiger partial charge in [0.15, 0.2) is 0 Å². The Balaban J connectivity index is 2.07. The minimum absolute atomic E-state index is 0.365. The van der Waals surface area contributed by atoms with Crippen molar-refractivity contribution in [3.05, 3.63) is 53.6 Å². The van der Waals surface area contributed by atoms with Crippen LogP contribution >= 0.6 is 0 Å². The Labute approximate surface area is 121 Å². The van der Waals surface area contributed by atoms with Crippen LogP contribution in [-0.2, 0) is 13.0 Å². The fraction of sp³-hybridized carbons (Fsp3) is 0.471. The lowest BCUT2D eigenvalue weighted by molar-refractivity contribution is 0.155. The number of aliphatic hydroxyl groups is 1. The first-order valence-electron chi connectivity index (χ1n) is 7.39. The van der Waals surface area contributed by atoms with Gasteiger partial charge in [0.1, 0.15) is 5.82 Å². The summed E-state index contributed by atoms with van der Waals surface area (Å²) in [5.41, 5.74) is 2.29. The van der Waals surface area contributed by atoms with Gasteiger partial charge in [0.2, 0.25) is 0 Å². The molecule has 1 aromatic carbocycles. The van der Waals surface area contributed by atoms with E-state index in [1.807, 2.05) is 22.9 Å². The van der Waals surface area contributed by atoms with Gasteiger partial charge in [-0.3, -0.25) is 0 Å². The van der Waals surface area contributed by atoms with E-state index in [1.54, 1.807) is 6.20 Å². The lowest BCUT2D eigenvalue weighted by atomic mass is 10.0. The molecule has 3 heteroatoms. The number of aryl methyl sites for hydroxylation is 1.